The van der Waals surface area contributed by atoms with Crippen molar-refractivity contribution in [2.24, 2.45) is 5.41 Å². The lowest BCUT2D eigenvalue weighted by Gasteiger charge is -2.27. The van der Waals surface area contributed by atoms with Crippen LogP contribution in [-0.4, -0.2) is 13.1 Å². The van der Waals surface area contributed by atoms with E-state index in [4.69, 9.17) is 0 Å². The van der Waals surface area contributed by atoms with Crippen LogP contribution in [-0.2, 0) is 9.53 Å². The van der Waals surface area contributed by atoms with E-state index in [9.17, 15) is 4.79 Å². The minimum atomic E-state index is -0.424. The Labute approximate surface area is 79.7 Å². The van der Waals surface area contributed by atoms with Gasteiger partial charge in [0.15, 0.2) is 0 Å². The summed E-state index contributed by atoms with van der Waals surface area (Å²) in [5.74, 6) is 5.13. The normalized spacial score (nSPS) is 19.8. The summed E-state index contributed by atoms with van der Waals surface area (Å²) in [6.07, 6.45) is 5.97. The van der Waals surface area contributed by atoms with Crippen molar-refractivity contribution in [3.8, 4) is 11.8 Å². The Bertz CT molecular complexity index is 239. The van der Waals surface area contributed by atoms with Gasteiger partial charge in [0.2, 0.25) is 0 Å². The molecule has 1 rings (SSSR count). The van der Waals surface area contributed by atoms with Gasteiger partial charge in [-0.2, -0.15) is 0 Å². The minimum Gasteiger partial charge on any atom is -0.459 e. The summed E-state index contributed by atoms with van der Waals surface area (Å²) in [6.45, 7) is 2.13. The van der Waals surface area contributed by atoms with Crippen LogP contribution in [0.15, 0.2) is 0 Å². The molecule has 13 heavy (non-hydrogen) atoms. The fraction of sp³-hybridized carbons (Fsp3) is 0.727. The van der Waals surface area contributed by atoms with Crippen LogP contribution < -0.4 is 0 Å². The molecule has 72 valence electrons. The van der Waals surface area contributed by atoms with Crippen molar-refractivity contribution in [2.75, 3.05) is 7.11 Å². The highest BCUT2D eigenvalue weighted by Crippen LogP contribution is 2.34. The maximum Gasteiger partial charge on any atom is 0.384 e. The van der Waals surface area contributed by atoms with Crippen molar-refractivity contribution in [3.05, 3.63) is 0 Å². The van der Waals surface area contributed by atoms with E-state index in [0.29, 0.717) is 0 Å². The van der Waals surface area contributed by atoms with Gasteiger partial charge in [0.25, 0.3) is 0 Å². The van der Waals surface area contributed by atoms with Gasteiger partial charge >= 0.3 is 5.97 Å². The van der Waals surface area contributed by atoms with Crippen LogP contribution in [0.25, 0.3) is 0 Å². The lowest BCUT2D eigenvalue weighted by Crippen LogP contribution is -2.18. The SMILES string of the molecule is COC(=O)C#CC1(C)CCCCC1. The fourth-order valence-electron chi connectivity index (χ4n) is 1.71. The highest BCUT2D eigenvalue weighted by Gasteiger charge is 2.24. The summed E-state index contributed by atoms with van der Waals surface area (Å²) >= 11 is 0. The molecule has 0 heterocycles. The zero-order chi connectivity index (χ0) is 9.73. The van der Waals surface area contributed by atoms with Crippen molar-refractivity contribution >= 4 is 5.97 Å². The average molecular weight is 180 g/mol. The van der Waals surface area contributed by atoms with E-state index in [1.165, 1.54) is 26.4 Å². The van der Waals surface area contributed by atoms with Crippen molar-refractivity contribution in [1.29, 1.82) is 0 Å². The van der Waals surface area contributed by atoms with Gasteiger partial charge in [-0.25, -0.2) is 4.79 Å². The van der Waals surface area contributed by atoms with E-state index in [2.05, 4.69) is 23.5 Å². The predicted molar refractivity (Wildman–Crippen MR) is 51.0 cm³/mol. The highest BCUT2D eigenvalue weighted by molar-refractivity contribution is 5.88. The summed E-state index contributed by atoms with van der Waals surface area (Å²) < 4.78 is 4.47. The van der Waals surface area contributed by atoms with Crippen molar-refractivity contribution < 1.29 is 9.53 Å². The van der Waals surface area contributed by atoms with Crippen LogP contribution in [0.2, 0.25) is 0 Å². The number of carbonyl (C=O) groups excluding carboxylic acids is 1. The standard InChI is InChI=1S/C11H16O2/c1-11(7-4-3-5-8-11)9-6-10(12)13-2/h3-5,7-8H2,1-2H3. The Morgan fingerprint density at radius 1 is 1.31 bits per heavy atom. The maximum absolute atomic E-state index is 10.8. The third kappa shape index (κ3) is 3.10. The predicted octanol–water partition coefficient (Wildman–Crippen LogP) is 2.13. The Morgan fingerprint density at radius 3 is 2.46 bits per heavy atom. The molecule has 2 heteroatoms. The van der Waals surface area contributed by atoms with Gasteiger partial charge in [-0.1, -0.05) is 25.2 Å². The van der Waals surface area contributed by atoms with Crippen molar-refractivity contribution in [3.63, 3.8) is 0 Å². The Morgan fingerprint density at radius 2 is 1.92 bits per heavy atom. The summed E-state index contributed by atoms with van der Waals surface area (Å²) in [5.41, 5.74) is 0.0481. The fourth-order valence-corrected chi connectivity index (χ4v) is 1.71. The second-order valence-corrected chi connectivity index (χ2v) is 3.86. The molecule has 0 saturated heterocycles. The molecule has 0 N–H and O–H groups in total. The molecule has 0 bridgehead atoms. The summed E-state index contributed by atoms with van der Waals surface area (Å²) in [4.78, 5) is 10.8. The van der Waals surface area contributed by atoms with E-state index in [0.717, 1.165) is 12.8 Å². The van der Waals surface area contributed by atoms with E-state index >= 15 is 0 Å². The largest absolute Gasteiger partial charge is 0.459 e. The molecule has 1 fully saturated rings. The topological polar surface area (TPSA) is 26.3 Å². The zero-order valence-electron chi connectivity index (χ0n) is 8.35. The van der Waals surface area contributed by atoms with Gasteiger partial charge in [0, 0.05) is 11.3 Å². The Balaban J connectivity index is 2.57. The van der Waals surface area contributed by atoms with Crippen LogP contribution in [0.3, 0.4) is 0 Å². The molecule has 0 amide bonds. The molecule has 1 aliphatic carbocycles. The molecule has 1 aliphatic rings. The van der Waals surface area contributed by atoms with E-state index in [-0.39, 0.29) is 5.41 Å². The first kappa shape index (κ1) is 10.1. The van der Waals surface area contributed by atoms with Gasteiger partial charge in [-0.05, 0) is 19.8 Å². The summed E-state index contributed by atoms with van der Waals surface area (Å²) in [7, 11) is 1.36. The molecule has 0 unspecified atom stereocenters. The Kier molecular flexibility index (Phi) is 3.36. The number of hydrogen-bond acceptors (Lipinski definition) is 2. The number of rotatable bonds is 0. The quantitative estimate of drug-likeness (QED) is 0.324. The number of methoxy groups -OCH3 is 1. The highest BCUT2D eigenvalue weighted by atomic mass is 16.5. The first-order valence-corrected chi connectivity index (χ1v) is 4.77. The van der Waals surface area contributed by atoms with Crippen LogP contribution in [0.5, 0.6) is 0 Å². The maximum atomic E-state index is 10.8. The first-order chi connectivity index (χ1) is 6.16. The van der Waals surface area contributed by atoms with Crippen LogP contribution in [0.1, 0.15) is 39.0 Å². The molecule has 1 saturated carbocycles. The van der Waals surface area contributed by atoms with Crippen molar-refractivity contribution in [1.82, 2.24) is 0 Å². The number of carbonyl (C=O) groups is 1. The summed E-state index contributed by atoms with van der Waals surface area (Å²) in [6, 6.07) is 0. The molecule has 0 aliphatic heterocycles. The molecular formula is C11H16O2. The zero-order valence-corrected chi connectivity index (χ0v) is 8.35. The molecule has 0 radical (unpaired) electrons. The van der Waals surface area contributed by atoms with Crippen LogP contribution >= 0.6 is 0 Å². The van der Waals surface area contributed by atoms with Crippen LogP contribution in [0, 0.1) is 17.3 Å². The molecule has 0 aromatic carbocycles. The lowest BCUT2D eigenvalue weighted by molar-refractivity contribution is -0.133. The van der Waals surface area contributed by atoms with Gasteiger partial charge in [-0.15, -0.1) is 0 Å². The monoisotopic (exact) mass is 180 g/mol. The van der Waals surface area contributed by atoms with Gasteiger partial charge in [0.1, 0.15) is 0 Å². The molecule has 0 aromatic heterocycles. The first-order valence-electron chi connectivity index (χ1n) is 4.77. The lowest BCUT2D eigenvalue weighted by atomic mass is 9.76. The number of hydrogen-bond donors (Lipinski definition) is 0. The Hall–Kier alpha value is -0.970. The third-order valence-electron chi connectivity index (χ3n) is 2.61. The molecule has 0 spiro atoms. The minimum absolute atomic E-state index is 0.0481. The van der Waals surface area contributed by atoms with E-state index in [1.807, 2.05) is 0 Å². The van der Waals surface area contributed by atoms with Crippen molar-refractivity contribution in [2.45, 2.75) is 39.0 Å². The number of esters is 1. The van der Waals surface area contributed by atoms with Crippen LogP contribution in [0.4, 0.5) is 0 Å². The van der Waals surface area contributed by atoms with Gasteiger partial charge < -0.3 is 4.74 Å². The van der Waals surface area contributed by atoms with Gasteiger partial charge in [0.05, 0.1) is 7.11 Å². The molecule has 2 nitrogen and oxygen atoms in total. The second-order valence-electron chi connectivity index (χ2n) is 3.86. The van der Waals surface area contributed by atoms with E-state index in [1.54, 1.807) is 0 Å². The second kappa shape index (κ2) is 4.32. The molecule has 0 aromatic rings. The van der Waals surface area contributed by atoms with Gasteiger partial charge in [-0.3, -0.25) is 0 Å². The summed E-state index contributed by atoms with van der Waals surface area (Å²) in [5, 5.41) is 0. The molecular weight excluding hydrogens is 164 g/mol. The third-order valence-corrected chi connectivity index (χ3v) is 2.61. The molecule has 0 atom stereocenters. The smallest absolute Gasteiger partial charge is 0.384 e. The van der Waals surface area contributed by atoms with E-state index < -0.39 is 5.97 Å². The average Bonchev–Trinajstić information content (AvgIpc) is 2.15. The number of ether oxygens (including phenoxy) is 1.